The van der Waals surface area contributed by atoms with Crippen molar-refractivity contribution in [2.75, 3.05) is 37.7 Å². The molecule has 1 aromatic carbocycles. The zero-order valence-electron chi connectivity index (χ0n) is 18.2. The first kappa shape index (κ1) is 23.5. The van der Waals surface area contributed by atoms with Crippen molar-refractivity contribution in [3.63, 3.8) is 0 Å². The molecule has 0 spiro atoms. The fourth-order valence-corrected chi connectivity index (χ4v) is 3.44. The normalized spacial score (nSPS) is 14.6. The molecule has 12 heteroatoms. The minimum absolute atomic E-state index is 0.0429. The number of carbonyl (C=O) groups excluding carboxylic acids is 1. The summed E-state index contributed by atoms with van der Waals surface area (Å²) < 4.78 is 48.9. The zero-order chi connectivity index (χ0) is 24.1. The van der Waals surface area contributed by atoms with E-state index in [-0.39, 0.29) is 18.1 Å². The molecule has 3 heterocycles. The molecule has 0 saturated carbocycles. The second-order valence-electron chi connectivity index (χ2n) is 7.52. The van der Waals surface area contributed by atoms with Crippen molar-refractivity contribution in [1.82, 2.24) is 24.8 Å². The van der Waals surface area contributed by atoms with Crippen molar-refractivity contribution in [1.29, 1.82) is 0 Å². The van der Waals surface area contributed by atoms with Crippen molar-refractivity contribution >= 4 is 17.4 Å². The average molecular weight is 474 g/mol. The predicted molar refractivity (Wildman–Crippen MR) is 115 cm³/mol. The second-order valence-corrected chi connectivity index (χ2v) is 7.52. The van der Waals surface area contributed by atoms with Gasteiger partial charge in [0.2, 0.25) is 5.91 Å². The number of hydrogen-bond acceptors (Lipinski definition) is 8. The third-order valence-corrected chi connectivity index (χ3v) is 5.02. The van der Waals surface area contributed by atoms with E-state index in [9.17, 15) is 18.0 Å². The van der Waals surface area contributed by atoms with E-state index in [1.54, 1.807) is 19.3 Å². The minimum Gasteiger partial charge on any atom is -0.404 e. The Morgan fingerprint density at radius 3 is 2.50 bits per heavy atom. The molecule has 1 aliphatic heterocycles. The lowest BCUT2D eigenvalue weighted by atomic mass is 10.1. The number of carbonyl (C=O) groups is 1. The quantitative estimate of drug-likeness (QED) is 0.538. The molecule has 0 unspecified atom stereocenters. The number of halogens is 3. The Bertz CT molecular complexity index is 1120. The molecular formula is C22H21F3N6O3. The maximum atomic E-state index is 13.4. The van der Waals surface area contributed by atoms with Crippen molar-refractivity contribution < 1.29 is 27.4 Å². The maximum absolute atomic E-state index is 13.4. The number of rotatable bonds is 6. The number of aryl methyl sites for hydroxylation is 1. The summed E-state index contributed by atoms with van der Waals surface area (Å²) >= 11 is 0. The summed E-state index contributed by atoms with van der Waals surface area (Å²) in [6, 6.07) is 4.09. The summed E-state index contributed by atoms with van der Waals surface area (Å²) in [4.78, 5) is 32.9. The van der Waals surface area contributed by atoms with Gasteiger partial charge in [-0.25, -0.2) is 15.0 Å². The largest absolute Gasteiger partial charge is 0.573 e. The van der Waals surface area contributed by atoms with Crippen LogP contribution >= 0.6 is 0 Å². The standard InChI is InChI=1S/C22H21F3N6O3/c1-15-2-3-19(34-22(23,24)25)18(8-15)31(21(32)13-30-4-6-33-7-5-30)20-12-28-17(11-29-20)16-9-26-14-27-10-16/h2-3,8-12,14H,4-7,13H2,1H3. The topological polar surface area (TPSA) is 93.6 Å². The Kier molecular flexibility index (Phi) is 6.98. The van der Waals surface area contributed by atoms with E-state index in [4.69, 9.17) is 4.74 Å². The molecule has 0 N–H and O–H groups in total. The molecule has 178 valence electrons. The molecule has 9 nitrogen and oxygen atoms in total. The van der Waals surface area contributed by atoms with Crippen LogP contribution in [0.25, 0.3) is 11.3 Å². The lowest BCUT2D eigenvalue weighted by Crippen LogP contribution is -2.44. The highest BCUT2D eigenvalue weighted by atomic mass is 19.4. The van der Waals surface area contributed by atoms with Crippen molar-refractivity contribution in [3.8, 4) is 17.0 Å². The van der Waals surface area contributed by atoms with Gasteiger partial charge in [-0.3, -0.25) is 19.6 Å². The van der Waals surface area contributed by atoms with Gasteiger partial charge in [0.15, 0.2) is 11.6 Å². The van der Waals surface area contributed by atoms with Gasteiger partial charge >= 0.3 is 6.36 Å². The van der Waals surface area contributed by atoms with Crippen LogP contribution in [0.3, 0.4) is 0 Å². The Hall–Kier alpha value is -3.64. The number of benzene rings is 1. The van der Waals surface area contributed by atoms with Crippen LogP contribution in [-0.4, -0.2) is 70.0 Å². The first-order valence-corrected chi connectivity index (χ1v) is 10.4. The Labute approximate surface area is 193 Å². The van der Waals surface area contributed by atoms with Gasteiger partial charge in [-0.15, -0.1) is 13.2 Å². The first-order chi connectivity index (χ1) is 16.3. The van der Waals surface area contributed by atoms with E-state index in [1.165, 1.54) is 36.9 Å². The number of amides is 1. The fourth-order valence-electron chi connectivity index (χ4n) is 3.44. The van der Waals surface area contributed by atoms with Crippen molar-refractivity contribution in [3.05, 3.63) is 54.9 Å². The smallest absolute Gasteiger partial charge is 0.404 e. The van der Waals surface area contributed by atoms with Crippen LogP contribution in [0.15, 0.2) is 49.3 Å². The second kappa shape index (κ2) is 10.1. The predicted octanol–water partition coefficient (Wildman–Crippen LogP) is 3.14. The van der Waals surface area contributed by atoms with Crippen LogP contribution in [0.4, 0.5) is 24.7 Å². The highest BCUT2D eigenvalue weighted by Gasteiger charge is 2.34. The summed E-state index contributed by atoms with van der Waals surface area (Å²) in [5.41, 5.74) is 1.60. The Morgan fingerprint density at radius 1 is 1.12 bits per heavy atom. The lowest BCUT2D eigenvalue weighted by Gasteiger charge is -2.30. The number of aromatic nitrogens is 4. The van der Waals surface area contributed by atoms with Crippen LogP contribution < -0.4 is 9.64 Å². The maximum Gasteiger partial charge on any atom is 0.573 e. The number of hydrogen-bond donors (Lipinski definition) is 0. The molecule has 3 aromatic rings. The molecule has 4 rings (SSSR count). The molecule has 1 saturated heterocycles. The van der Waals surface area contributed by atoms with E-state index >= 15 is 0 Å². The van der Waals surface area contributed by atoms with Crippen molar-refractivity contribution in [2.24, 2.45) is 0 Å². The minimum atomic E-state index is -4.94. The molecule has 1 aliphatic rings. The molecule has 1 amide bonds. The molecule has 0 bridgehead atoms. The van der Waals surface area contributed by atoms with Gasteiger partial charge in [0, 0.05) is 31.0 Å². The number of nitrogens with zero attached hydrogens (tertiary/aromatic N) is 6. The first-order valence-electron chi connectivity index (χ1n) is 10.4. The number of morpholine rings is 1. The molecule has 2 aromatic heterocycles. The van der Waals surface area contributed by atoms with Crippen LogP contribution in [0.1, 0.15) is 5.56 Å². The molecular weight excluding hydrogens is 453 g/mol. The fraction of sp³-hybridized carbons (Fsp3) is 0.318. The third-order valence-electron chi connectivity index (χ3n) is 5.02. The van der Waals surface area contributed by atoms with Crippen LogP contribution in [-0.2, 0) is 9.53 Å². The van der Waals surface area contributed by atoms with Gasteiger partial charge < -0.3 is 9.47 Å². The summed E-state index contributed by atoms with van der Waals surface area (Å²) in [5, 5.41) is 0. The van der Waals surface area contributed by atoms with Crippen LogP contribution in [0, 0.1) is 6.92 Å². The molecule has 0 radical (unpaired) electrons. The van der Waals surface area contributed by atoms with E-state index in [2.05, 4.69) is 24.7 Å². The summed E-state index contributed by atoms with van der Waals surface area (Å²) in [6.07, 6.45) is 2.26. The van der Waals surface area contributed by atoms with Gasteiger partial charge in [0.05, 0.1) is 43.5 Å². The number of ether oxygens (including phenoxy) is 2. The van der Waals surface area contributed by atoms with Gasteiger partial charge in [-0.2, -0.15) is 0 Å². The number of anilines is 2. The van der Waals surface area contributed by atoms with E-state index in [1.807, 2.05) is 4.90 Å². The van der Waals surface area contributed by atoms with Crippen LogP contribution in [0.2, 0.25) is 0 Å². The zero-order valence-corrected chi connectivity index (χ0v) is 18.2. The SMILES string of the molecule is Cc1ccc(OC(F)(F)F)c(N(C(=O)CN2CCOCC2)c2cnc(-c3cncnc3)cn2)c1. The van der Waals surface area contributed by atoms with E-state index in [0.29, 0.717) is 43.1 Å². The monoisotopic (exact) mass is 474 g/mol. The van der Waals surface area contributed by atoms with E-state index in [0.717, 1.165) is 4.90 Å². The third kappa shape index (κ3) is 5.83. The van der Waals surface area contributed by atoms with Crippen molar-refractivity contribution in [2.45, 2.75) is 13.3 Å². The summed E-state index contributed by atoms with van der Waals surface area (Å²) in [6.45, 7) is 3.64. The van der Waals surface area contributed by atoms with Gasteiger partial charge in [-0.05, 0) is 24.6 Å². The highest BCUT2D eigenvalue weighted by molar-refractivity contribution is 6.02. The Balaban J connectivity index is 1.73. The molecule has 34 heavy (non-hydrogen) atoms. The lowest BCUT2D eigenvalue weighted by molar-refractivity contribution is -0.274. The van der Waals surface area contributed by atoms with Gasteiger partial charge in [-0.1, -0.05) is 6.07 Å². The summed E-state index contributed by atoms with van der Waals surface area (Å²) in [5.74, 6) is -0.947. The van der Waals surface area contributed by atoms with Crippen LogP contribution in [0.5, 0.6) is 5.75 Å². The molecule has 0 atom stereocenters. The van der Waals surface area contributed by atoms with E-state index < -0.39 is 18.0 Å². The van der Waals surface area contributed by atoms with Gasteiger partial charge in [0.25, 0.3) is 0 Å². The average Bonchev–Trinajstić information content (AvgIpc) is 2.82. The Morgan fingerprint density at radius 2 is 1.85 bits per heavy atom. The number of alkyl halides is 3. The molecule has 1 fully saturated rings. The highest BCUT2D eigenvalue weighted by Crippen LogP contribution is 2.37. The molecule has 0 aliphatic carbocycles. The van der Waals surface area contributed by atoms with Gasteiger partial charge in [0.1, 0.15) is 6.33 Å². The summed E-state index contributed by atoms with van der Waals surface area (Å²) in [7, 11) is 0.